The number of nitrogens with zero attached hydrogens (tertiary/aromatic N) is 1. The maximum Gasteiger partial charge on any atom is 0.274 e. The minimum atomic E-state index is -3.65. The van der Waals surface area contributed by atoms with E-state index in [4.69, 9.17) is 5.14 Å². The Kier molecular flexibility index (Phi) is 5.14. The van der Waals surface area contributed by atoms with Crippen LogP contribution in [-0.4, -0.2) is 38.9 Å². The Bertz CT molecular complexity index is 542. The van der Waals surface area contributed by atoms with Crippen molar-refractivity contribution in [2.45, 2.75) is 19.3 Å². The van der Waals surface area contributed by atoms with Gasteiger partial charge in [0, 0.05) is 19.6 Å². The van der Waals surface area contributed by atoms with Crippen LogP contribution < -0.4 is 9.86 Å². The number of piperidine rings is 1. The molecule has 0 unspecified atom stereocenters. The van der Waals surface area contributed by atoms with Gasteiger partial charge in [-0.2, -0.15) is 19.8 Å². The molecule has 1 amide bonds. The molecule has 1 aromatic rings. The molecule has 112 valence electrons. The summed E-state index contributed by atoms with van der Waals surface area (Å²) in [5, 5.41) is 8.85. The van der Waals surface area contributed by atoms with Gasteiger partial charge in [-0.3, -0.25) is 4.79 Å². The largest absolute Gasteiger partial charge is 0.342 e. The van der Waals surface area contributed by atoms with Crippen LogP contribution in [0.5, 0.6) is 0 Å². The normalized spacial score (nSPS) is 20.1. The molecule has 1 aromatic heterocycles. The highest BCUT2D eigenvalue weighted by atomic mass is 32.2. The molecule has 2 rings (SSSR count). The average Bonchev–Trinajstić information content (AvgIpc) is 2.89. The Morgan fingerprint density at radius 1 is 1.55 bits per heavy atom. The van der Waals surface area contributed by atoms with Gasteiger partial charge in [0.05, 0.1) is 6.42 Å². The molecule has 1 saturated heterocycles. The second kappa shape index (κ2) is 6.66. The number of amides is 1. The van der Waals surface area contributed by atoms with E-state index in [0.29, 0.717) is 19.5 Å². The molecule has 0 aliphatic carbocycles. The van der Waals surface area contributed by atoms with E-state index in [1.54, 1.807) is 11.3 Å². The van der Waals surface area contributed by atoms with Crippen LogP contribution in [0, 0.1) is 5.92 Å². The van der Waals surface area contributed by atoms with Crippen LogP contribution in [0.4, 0.5) is 0 Å². The lowest BCUT2D eigenvalue weighted by atomic mass is 9.98. The van der Waals surface area contributed by atoms with E-state index in [9.17, 15) is 13.2 Å². The predicted molar refractivity (Wildman–Crippen MR) is 78.4 cm³/mol. The molecule has 6 nitrogen and oxygen atoms in total. The summed E-state index contributed by atoms with van der Waals surface area (Å²) in [6, 6.07) is 1.95. The first-order valence-electron chi connectivity index (χ1n) is 6.50. The lowest BCUT2D eigenvalue weighted by Gasteiger charge is -2.32. The van der Waals surface area contributed by atoms with Crippen LogP contribution in [0.25, 0.3) is 0 Å². The Morgan fingerprint density at radius 2 is 2.35 bits per heavy atom. The monoisotopic (exact) mass is 317 g/mol. The molecular formula is C12H19N3O3S2. The highest BCUT2D eigenvalue weighted by Crippen LogP contribution is 2.17. The Hall–Kier alpha value is -0.960. The molecule has 8 heteroatoms. The Labute approximate surface area is 123 Å². The topological polar surface area (TPSA) is 92.5 Å². The van der Waals surface area contributed by atoms with Gasteiger partial charge in [-0.1, -0.05) is 0 Å². The summed E-state index contributed by atoms with van der Waals surface area (Å²) in [5.74, 6) is 0.234. The zero-order valence-corrected chi connectivity index (χ0v) is 12.8. The van der Waals surface area contributed by atoms with Crippen LogP contribution in [-0.2, 0) is 21.4 Å². The number of rotatable bonds is 5. The van der Waals surface area contributed by atoms with Gasteiger partial charge in [0.2, 0.25) is 5.91 Å². The van der Waals surface area contributed by atoms with E-state index in [1.807, 2.05) is 21.7 Å². The Balaban J connectivity index is 1.85. The first kappa shape index (κ1) is 15.4. The molecule has 0 saturated carbocycles. The maximum atomic E-state index is 12.2. The van der Waals surface area contributed by atoms with E-state index >= 15 is 0 Å². The van der Waals surface area contributed by atoms with Crippen molar-refractivity contribution in [2.75, 3.05) is 19.6 Å². The number of hydrogen-bond donors (Lipinski definition) is 2. The third kappa shape index (κ3) is 4.86. The molecule has 1 aliphatic rings. The first-order valence-corrected chi connectivity index (χ1v) is 8.99. The third-order valence-electron chi connectivity index (χ3n) is 3.38. The van der Waals surface area contributed by atoms with Crippen molar-refractivity contribution in [3.05, 3.63) is 22.4 Å². The summed E-state index contributed by atoms with van der Waals surface area (Å²) in [6.45, 7) is 1.63. The van der Waals surface area contributed by atoms with Crippen molar-refractivity contribution in [3.63, 3.8) is 0 Å². The second-order valence-corrected chi connectivity index (χ2v) is 7.21. The van der Waals surface area contributed by atoms with E-state index in [2.05, 4.69) is 4.72 Å². The summed E-state index contributed by atoms with van der Waals surface area (Å²) in [4.78, 5) is 14.0. The summed E-state index contributed by atoms with van der Waals surface area (Å²) in [5.41, 5.74) is 1.03. The van der Waals surface area contributed by atoms with Gasteiger partial charge in [-0.25, -0.2) is 9.86 Å². The standard InChI is InChI=1S/C12H19N3O3S2/c13-20(17,18)14-7-11-2-1-4-15(8-11)12(16)6-10-3-5-19-9-10/h3,5,9,11,14H,1-2,4,6-8H2,(H2,13,17,18)/t11-/m1/s1. The van der Waals surface area contributed by atoms with Gasteiger partial charge in [-0.05, 0) is 41.1 Å². The van der Waals surface area contributed by atoms with E-state index < -0.39 is 10.2 Å². The van der Waals surface area contributed by atoms with E-state index in [1.165, 1.54) is 0 Å². The van der Waals surface area contributed by atoms with Gasteiger partial charge in [0.25, 0.3) is 10.2 Å². The quantitative estimate of drug-likeness (QED) is 0.819. The fraction of sp³-hybridized carbons (Fsp3) is 0.583. The van der Waals surface area contributed by atoms with Crippen molar-refractivity contribution in [3.8, 4) is 0 Å². The van der Waals surface area contributed by atoms with Gasteiger partial charge in [-0.15, -0.1) is 0 Å². The lowest BCUT2D eigenvalue weighted by molar-refractivity contribution is -0.132. The molecular weight excluding hydrogens is 298 g/mol. The Morgan fingerprint density at radius 3 is 3.00 bits per heavy atom. The molecule has 1 aliphatic heterocycles. The second-order valence-electron chi connectivity index (χ2n) is 5.05. The van der Waals surface area contributed by atoms with Crippen molar-refractivity contribution in [2.24, 2.45) is 11.1 Å². The fourth-order valence-corrected chi connectivity index (χ4v) is 3.51. The summed E-state index contributed by atoms with van der Waals surface area (Å²) in [6.07, 6.45) is 2.22. The first-order chi connectivity index (χ1) is 9.44. The molecule has 2 heterocycles. The van der Waals surface area contributed by atoms with Crippen molar-refractivity contribution < 1.29 is 13.2 Å². The summed E-state index contributed by atoms with van der Waals surface area (Å²) in [7, 11) is -3.65. The van der Waals surface area contributed by atoms with Gasteiger partial charge in [0.1, 0.15) is 0 Å². The molecule has 20 heavy (non-hydrogen) atoms. The van der Waals surface area contributed by atoms with Crippen LogP contribution in [0.3, 0.4) is 0 Å². The number of thiophene rings is 1. The average molecular weight is 317 g/mol. The number of nitrogens with two attached hydrogens (primary N) is 1. The minimum Gasteiger partial charge on any atom is -0.342 e. The highest BCUT2D eigenvalue weighted by Gasteiger charge is 2.24. The third-order valence-corrected chi connectivity index (χ3v) is 4.68. The predicted octanol–water partition coefficient (Wildman–Crippen LogP) is 0.322. The highest BCUT2D eigenvalue weighted by molar-refractivity contribution is 7.87. The summed E-state index contributed by atoms with van der Waals surface area (Å²) >= 11 is 1.58. The SMILES string of the molecule is NS(=O)(=O)NC[C@H]1CCCN(C(=O)Cc2ccsc2)C1. The number of likely N-dealkylation sites (tertiary alicyclic amines) is 1. The lowest BCUT2D eigenvalue weighted by Crippen LogP contribution is -2.45. The molecule has 0 aromatic carbocycles. The van der Waals surface area contributed by atoms with Gasteiger partial charge in [0.15, 0.2) is 0 Å². The molecule has 0 bridgehead atoms. The van der Waals surface area contributed by atoms with Crippen molar-refractivity contribution >= 4 is 27.5 Å². The maximum absolute atomic E-state index is 12.2. The van der Waals surface area contributed by atoms with E-state index in [-0.39, 0.29) is 11.8 Å². The molecule has 1 atom stereocenters. The van der Waals surface area contributed by atoms with Crippen LogP contribution in [0.15, 0.2) is 16.8 Å². The number of hydrogen-bond acceptors (Lipinski definition) is 4. The number of carbonyl (C=O) groups excluding carboxylic acids is 1. The molecule has 1 fully saturated rings. The molecule has 3 N–H and O–H groups in total. The number of nitrogens with one attached hydrogen (secondary N) is 1. The zero-order valence-electron chi connectivity index (χ0n) is 11.1. The van der Waals surface area contributed by atoms with Gasteiger partial charge >= 0.3 is 0 Å². The summed E-state index contributed by atoms with van der Waals surface area (Å²) < 4.78 is 24.1. The van der Waals surface area contributed by atoms with Crippen LogP contribution in [0.1, 0.15) is 18.4 Å². The number of carbonyl (C=O) groups is 1. The van der Waals surface area contributed by atoms with Crippen molar-refractivity contribution in [1.82, 2.24) is 9.62 Å². The van der Waals surface area contributed by atoms with Crippen LogP contribution in [0.2, 0.25) is 0 Å². The smallest absolute Gasteiger partial charge is 0.274 e. The zero-order chi connectivity index (χ0) is 14.6. The minimum absolute atomic E-state index is 0.101. The molecule has 0 radical (unpaired) electrons. The van der Waals surface area contributed by atoms with Gasteiger partial charge < -0.3 is 4.90 Å². The fourth-order valence-electron chi connectivity index (χ4n) is 2.37. The molecule has 0 spiro atoms. The van der Waals surface area contributed by atoms with Crippen molar-refractivity contribution in [1.29, 1.82) is 0 Å². The van der Waals surface area contributed by atoms with E-state index in [0.717, 1.165) is 24.9 Å². The van der Waals surface area contributed by atoms with Crippen LogP contribution >= 0.6 is 11.3 Å².